The molecule has 3 nitrogen and oxygen atoms in total. The van der Waals surface area contributed by atoms with Crippen LogP contribution in [-0.4, -0.2) is 25.0 Å². The number of halogens is 2. The molecule has 1 aromatic rings. The minimum Gasteiger partial charge on any atom is -0.350 e. The minimum absolute atomic E-state index is 0. The zero-order valence-corrected chi connectivity index (χ0v) is 13.3. The minimum atomic E-state index is 0. The van der Waals surface area contributed by atoms with E-state index in [1.165, 1.54) is 12.0 Å². The molecule has 0 aromatic heterocycles. The molecule has 18 heavy (non-hydrogen) atoms. The summed E-state index contributed by atoms with van der Waals surface area (Å²) in [7, 11) is 0. The van der Waals surface area contributed by atoms with Gasteiger partial charge in [0, 0.05) is 21.7 Å². The van der Waals surface area contributed by atoms with Crippen LogP contribution in [0.4, 0.5) is 0 Å². The second kappa shape index (κ2) is 7.31. The molecule has 1 fully saturated rings. The molecule has 1 aliphatic rings. The molecule has 5 heteroatoms. The Kier molecular flexibility index (Phi) is 6.38. The summed E-state index contributed by atoms with van der Waals surface area (Å²) in [6, 6.07) is 6.26. The first-order chi connectivity index (χ1) is 8.16. The van der Waals surface area contributed by atoms with Crippen molar-refractivity contribution in [2.24, 2.45) is 0 Å². The van der Waals surface area contributed by atoms with Crippen molar-refractivity contribution in [2.45, 2.75) is 25.8 Å². The lowest BCUT2D eigenvalue weighted by molar-refractivity contribution is 0.0950. The van der Waals surface area contributed by atoms with Gasteiger partial charge in [0.1, 0.15) is 0 Å². The van der Waals surface area contributed by atoms with Crippen molar-refractivity contribution in [1.29, 1.82) is 0 Å². The lowest BCUT2D eigenvalue weighted by Gasteiger charge is -2.11. The van der Waals surface area contributed by atoms with E-state index in [9.17, 15) is 4.79 Å². The molecule has 1 unspecified atom stereocenters. The monoisotopic (exact) mass is 380 g/mol. The van der Waals surface area contributed by atoms with Gasteiger partial charge in [0.2, 0.25) is 0 Å². The van der Waals surface area contributed by atoms with E-state index in [0.29, 0.717) is 6.04 Å². The summed E-state index contributed by atoms with van der Waals surface area (Å²) in [6.07, 6.45) is 2.37. The number of benzene rings is 1. The van der Waals surface area contributed by atoms with E-state index in [0.717, 1.165) is 28.6 Å². The van der Waals surface area contributed by atoms with Crippen molar-refractivity contribution >= 4 is 40.9 Å². The second-order valence-electron chi connectivity index (χ2n) is 4.47. The average Bonchev–Trinajstić information content (AvgIpc) is 2.82. The SMILES string of the molecule is Cc1ccc(C(=O)NCC2CCCN2)cc1I.Cl. The van der Waals surface area contributed by atoms with Gasteiger partial charge in [-0.15, -0.1) is 12.4 Å². The third kappa shape index (κ3) is 4.10. The first-order valence-corrected chi connectivity index (χ1v) is 7.02. The quantitative estimate of drug-likeness (QED) is 0.791. The average molecular weight is 381 g/mol. The number of rotatable bonds is 3. The Balaban J connectivity index is 0.00000162. The molecular weight excluding hydrogens is 363 g/mol. The van der Waals surface area contributed by atoms with Crippen LogP contribution in [0.1, 0.15) is 28.8 Å². The molecule has 0 bridgehead atoms. The van der Waals surface area contributed by atoms with E-state index < -0.39 is 0 Å². The summed E-state index contributed by atoms with van der Waals surface area (Å²) in [5, 5.41) is 6.35. The second-order valence-corrected chi connectivity index (χ2v) is 5.63. The van der Waals surface area contributed by atoms with Crippen LogP contribution in [0.3, 0.4) is 0 Å². The summed E-state index contributed by atoms with van der Waals surface area (Å²) in [6.45, 7) is 3.85. The highest BCUT2D eigenvalue weighted by atomic mass is 127. The number of nitrogens with one attached hydrogen (secondary N) is 2. The summed E-state index contributed by atoms with van der Waals surface area (Å²) in [5.74, 6) is 0.0246. The molecule has 1 heterocycles. The van der Waals surface area contributed by atoms with E-state index in [-0.39, 0.29) is 18.3 Å². The number of hydrogen-bond donors (Lipinski definition) is 2. The van der Waals surface area contributed by atoms with Gasteiger partial charge in [-0.3, -0.25) is 4.79 Å². The number of aryl methyl sites for hydroxylation is 1. The van der Waals surface area contributed by atoms with Gasteiger partial charge in [-0.2, -0.15) is 0 Å². The van der Waals surface area contributed by atoms with Crippen molar-refractivity contribution in [3.05, 3.63) is 32.9 Å². The lowest BCUT2D eigenvalue weighted by Crippen LogP contribution is -2.37. The third-order valence-electron chi connectivity index (χ3n) is 3.11. The van der Waals surface area contributed by atoms with Gasteiger partial charge >= 0.3 is 0 Å². The summed E-state index contributed by atoms with van der Waals surface area (Å²) >= 11 is 2.26. The van der Waals surface area contributed by atoms with Gasteiger partial charge in [0.25, 0.3) is 5.91 Å². The number of carbonyl (C=O) groups is 1. The Labute approximate surface area is 128 Å². The molecule has 1 aliphatic heterocycles. The molecule has 1 amide bonds. The molecule has 0 radical (unpaired) electrons. The maximum Gasteiger partial charge on any atom is 0.251 e. The van der Waals surface area contributed by atoms with Gasteiger partial charge in [0.15, 0.2) is 0 Å². The maximum atomic E-state index is 11.9. The highest BCUT2D eigenvalue weighted by Gasteiger charge is 2.15. The van der Waals surface area contributed by atoms with Crippen LogP contribution in [-0.2, 0) is 0 Å². The van der Waals surface area contributed by atoms with E-state index >= 15 is 0 Å². The fraction of sp³-hybridized carbons (Fsp3) is 0.462. The third-order valence-corrected chi connectivity index (χ3v) is 4.27. The molecule has 1 aromatic carbocycles. The standard InChI is InChI=1S/C13H17IN2O.ClH/c1-9-4-5-10(7-12(9)14)13(17)16-8-11-3-2-6-15-11;/h4-5,7,11,15H,2-3,6,8H2,1H3,(H,16,17);1H. The Morgan fingerprint density at radius 2 is 2.33 bits per heavy atom. The Morgan fingerprint density at radius 3 is 2.94 bits per heavy atom. The van der Waals surface area contributed by atoms with Crippen molar-refractivity contribution in [2.75, 3.05) is 13.1 Å². The fourth-order valence-electron chi connectivity index (χ4n) is 1.98. The van der Waals surface area contributed by atoms with Gasteiger partial charge in [-0.1, -0.05) is 6.07 Å². The molecular formula is C13H18ClIN2O. The van der Waals surface area contributed by atoms with Gasteiger partial charge in [-0.25, -0.2) is 0 Å². The smallest absolute Gasteiger partial charge is 0.251 e. The van der Waals surface area contributed by atoms with Crippen LogP contribution in [0.25, 0.3) is 0 Å². The predicted molar refractivity (Wildman–Crippen MR) is 84.5 cm³/mol. The highest BCUT2D eigenvalue weighted by molar-refractivity contribution is 14.1. The molecule has 100 valence electrons. The number of carbonyl (C=O) groups excluding carboxylic acids is 1. The van der Waals surface area contributed by atoms with E-state index in [2.05, 4.69) is 33.2 Å². The molecule has 0 saturated carbocycles. The van der Waals surface area contributed by atoms with Crippen LogP contribution < -0.4 is 10.6 Å². The van der Waals surface area contributed by atoms with Crippen molar-refractivity contribution in [3.8, 4) is 0 Å². The van der Waals surface area contributed by atoms with Crippen LogP contribution in [0.15, 0.2) is 18.2 Å². The van der Waals surface area contributed by atoms with Gasteiger partial charge in [-0.05, 0) is 66.6 Å². The summed E-state index contributed by atoms with van der Waals surface area (Å²) in [5.41, 5.74) is 1.96. The Bertz CT molecular complexity index is 419. The zero-order chi connectivity index (χ0) is 12.3. The largest absolute Gasteiger partial charge is 0.350 e. The molecule has 0 aliphatic carbocycles. The van der Waals surface area contributed by atoms with Crippen molar-refractivity contribution < 1.29 is 4.79 Å². The van der Waals surface area contributed by atoms with Gasteiger partial charge in [0.05, 0.1) is 0 Å². The topological polar surface area (TPSA) is 41.1 Å². The van der Waals surface area contributed by atoms with E-state index in [1.54, 1.807) is 0 Å². The van der Waals surface area contributed by atoms with Crippen molar-refractivity contribution in [1.82, 2.24) is 10.6 Å². The van der Waals surface area contributed by atoms with Crippen LogP contribution in [0.2, 0.25) is 0 Å². The Hall–Kier alpha value is -0.330. The molecule has 1 saturated heterocycles. The van der Waals surface area contributed by atoms with Crippen LogP contribution in [0, 0.1) is 10.5 Å². The summed E-state index contributed by atoms with van der Waals surface area (Å²) in [4.78, 5) is 11.9. The fourth-order valence-corrected chi connectivity index (χ4v) is 2.50. The summed E-state index contributed by atoms with van der Waals surface area (Å²) < 4.78 is 1.13. The van der Waals surface area contributed by atoms with Crippen molar-refractivity contribution in [3.63, 3.8) is 0 Å². The highest BCUT2D eigenvalue weighted by Crippen LogP contribution is 2.13. The van der Waals surface area contributed by atoms with Gasteiger partial charge < -0.3 is 10.6 Å². The first-order valence-electron chi connectivity index (χ1n) is 5.94. The van der Waals surface area contributed by atoms with Crippen LogP contribution >= 0.6 is 35.0 Å². The Morgan fingerprint density at radius 1 is 1.56 bits per heavy atom. The molecule has 2 rings (SSSR count). The maximum absolute atomic E-state index is 11.9. The van der Waals surface area contributed by atoms with Crippen LogP contribution in [0.5, 0.6) is 0 Å². The lowest BCUT2D eigenvalue weighted by atomic mass is 10.1. The predicted octanol–water partition coefficient (Wildman–Crippen LogP) is 2.50. The zero-order valence-electron chi connectivity index (χ0n) is 10.3. The number of hydrogen-bond acceptors (Lipinski definition) is 2. The normalized spacial score (nSPS) is 18.2. The first kappa shape index (κ1) is 15.7. The molecule has 1 atom stereocenters. The molecule has 2 N–H and O–H groups in total. The molecule has 0 spiro atoms. The van der Waals surface area contributed by atoms with E-state index in [1.807, 2.05) is 25.1 Å². The number of amides is 1. The van der Waals surface area contributed by atoms with E-state index in [4.69, 9.17) is 0 Å².